The zero-order valence-electron chi connectivity index (χ0n) is 10.9. The Kier molecular flexibility index (Phi) is 5.13. The van der Waals surface area contributed by atoms with Gasteiger partial charge in [-0.05, 0) is 25.3 Å². The minimum atomic E-state index is -1.18. The summed E-state index contributed by atoms with van der Waals surface area (Å²) >= 11 is 0. The van der Waals surface area contributed by atoms with Crippen molar-refractivity contribution in [2.45, 2.75) is 57.2 Å². The molecule has 3 nitrogen and oxygen atoms in total. The van der Waals surface area contributed by atoms with Crippen LogP contribution in [-0.4, -0.2) is 38.0 Å². The summed E-state index contributed by atoms with van der Waals surface area (Å²) in [5.41, 5.74) is 0. The Bertz CT molecular complexity index is 265. The molecule has 0 radical (unpaired) electrons. The number of rotatable bonds is 4. The Labute approximate surface area is 103 Å². The van der Waals surface area contributed by atoms with Gasteiger partial charge in [-0.1, -0.05) is 19.6 Å². The molecule has 0 heterocycles. The lowest BCUT2D eigenvalue weighted by atomic mass is 9.86. The molecule has 0 spiro atoms. The quantitative estimate of drug-likeness (QED) is 0.625. The minimum Gasteiger partial charge on any atom is -0.466 e. The smallest absolute Gasteiger partial charge is 0.309 e. The van der Waals surface area contributed by atoms with Gasteiger partial charge in [0.05, 0.1) is 18.6 Å². The van der Waals surface area contributed by atoms with Crippen LogP contribution in [0.25, 0.3) is 0 Å². The first-order valence-electron chi connectivity index (χ1n) is 6.28. The van der Waals surface area contributed by atoms with E-state index in [2.05, 4.69) is 19.6 Å². The van der Waals surface area contributed by atoms with Gasteiger partial charge in [0.15, 0.2) is 0 Å². The van der Waals surface area contributed by atoms with E-state index >= 15 is 0 Å². The van der Waals surface area contributed by atoms with Gasteiger partial charge in [-0.15, -0.1) is 0 Å². The number of hydrogen-bond donors (Lipinski definition) is 1. The Balaban J connectivity index is 2.29. The number of esters is 1. The van der Waals surface area contributed by atoms with Gasteiger partial charge in [0.2, 0.25) is 0 Å². The topological polar surface area (TPSA) is 46.5 Å². The summed E-state index contributed by atoms with van der Waals surface area (Å²) in [5, 5.41) is 9.38. The van der Waals surface area contributed by atoms with Crippen LogP contribution in [0.4, 0.5) is 4.39 Å². The second kappa shape index (κ2) is 5.95. The van der Waals surface area contributed by atoms with E-state index in [1.165, 1.54) is 0 Å². The number of ether oxygens (including phenoxy) is 1. The molecular formula is C12H23FO3Si. The van der Waals surface area contributed by atoms with Gasteiger partial charge in [-0.2, -0.15) is 0 Å². The Hall–Kier alpha value is -0.423. The van der Waals surface area contributed by atoms with E-state index in [0.29, 0.717) is 13.0 Å². The highest BCUT2D eigenvalue weighted by molar-refractivity contribution is 6.76. The van der Waals surface area contributed by atoms with Gasteiger partial charge in [0, 0.05) is 8.07 Å². The monoisotopic (exact) mass is 262 g/mol. The summed E-state index contributed by atoms with van der Waals surface area (Å²) < 4.78 is 18.2. The van der Waals surface area contributed by atoms with Crippen LogP contribution in [0.5, 0.6) is 0 Å². The molecule has 0 amide bonds. The van der Waals surface area contributed by atoms with Gasteiger partial charge in [-0.25, -0.2) is 4.39 Å². The van der Waals surface area contributed by atoms with Crippen LogP contribution in [-0.2, 0) is 9.53 Å². The molecule has 5 heteroatoms. The third kappa shape index (κ3) is 5.17. The maximum atomic E-state index is 13.0. The van der Waals surface area contributed by atoms with Crippen LogP contribution in [0, 0.1) is 5.92 Å². The van der Waals surface area contributed by atoms with E-state index in [-0.39, 0.29) is 24.7 Å². The molecule has 3 unspecified atom stereocenters. The summed E-state index contributed by atoms with van der Waals surface area (Å²) in [6.45, 7) is 7.12. The zero-order valence-corrected chi connectivity index (χ0v) is 11.9. The largest absolute Gasteiger partial charge is 0.466 e. The van der Waals surface area contributed by atoms with Crippen molar-refractivity contribution in [1.29, 1.82) is 0 Å². The molecule has 1 aliphatic rings. The summed E-state index contributed by atoms with van der Waals surface area (Å²) in [6.07, 6.45) is -1.23. The highest BCUT2D eigenvalue weighted by Crippen LogP contribution is 2.27. The molecule has 1 N–H and O–H groups in total. The predicted octanol–water partition coefficient (Wildman–Crippen LogP) is 2.37. The first kappa shape index (κ1) is 14.6. The van der Waals surface area contributed by atoms with Crippen LogP contribution in [0.15, 0.2) is 0 Å². The van der Waals surface area contributed by atoms with Crippen molar-refractivity contribution in [3.8, 4) is 0 Å². The van der Waals surface area contributed by atoms with E-state index in [9.17, 15) is 14.3 Å². The first-order chi connectivity index (χ1) is 7.79. The fourth-order valence-corrected chi connectivity index (χ4v) is 2.61. The molecule has 0 aromatic rings. The van der Waals surface area contributed by atoms with E-state index < -0.39 is 20.3 Å². The molecule has 0 saturated heterocycles. The van der Waals surface area contributed by atoms with Crippen molar-refractivity contribution < 1.29 is 19.0 Å². The maximum Gasteiger partial charge on any atom is 0.309 e. The molecule has 1 fully saturated rings. The lowest BCUT2D eigenvalue weighted by Gasteiger charge is -2.27. The fraction of sp³-hybridized carbons (Fsp3) is 0.917. The van der Waals surface area contributed by atoms with Crippen LogP contribution in [0.1, 0.15) is 19.3 Å². The van der Waals surface area contributed by atoms with Gasteiger partial charge < -0.3 is 9.84 Å². The number of aliphatic hydroxyl groups is 1. The van der Waals surface area contributed by atoms with Crippen LogP contribution < -0.4 is 0 Å². The van der Waals surface area contributed by atoms with Crippen molar-refractivity contribution in [1.82, 2.24) is 0 Å². The molecule has 1 aliphatic carbocycles. The van der Waals surface area contributed by atoms with Crippen LogP contribution in [0.3, 0.4) is 0 Å². The molecule has 3 atom stereocenters. The second-order valence-electron chi connectivity index (χ2n) is 6.07. The normalized spacial score (nSPS) is 30.1. The number of halogens is 1. The number of alkyl halides is 1. The van der Waals surface area contributed by atoms with Gasteiger partial charge in [0.25, 0.3) is 0 Å². The molecule has 17 heavy (non-hydrogen) atoms. The number of carbonyl (C=O) groups is 1. The lowest BCUT2D eigenvalue weighted by Crippen LogP contribution is -2.35. The standard InChI is InChI=1S/C12H23FO3Si/c1-17(2,3)7-6-16-12(15)9-4-5-10(13)11(14)8-9/h9-11,14H,4-8H2,1-3H3. The molecule has 0 aromatic carbocycles. The lowest BCUT2D eigenvalue weighted by molar-refractivity contribution is -0.151. The number of hydrogen-bond acceptors (Lipinski definition) is 3. The van der Waals surface area contributed by atoms with E-state index in [0.717, 1.165) is 6.04 Å². The van der Waals surface area contributed by atoms with Gasteiger partial charge >= 0.3 is 5.97 Å². The summed E-state index contributed by atoms with van der Waals surface area (Å²) in [5.74, 6) is -0.590. The van der Waals surface area contributed by atoms with Crippen molar-refractivity contribution in [3.63, 3.8) is 0 Å². The van der Waals surface area contributed by atoms with Crippen molar-refractivity contribution in [3.05, 3.63) is 0 Å². The number of aliphatic hydroxyl groups excluding tert-OH is 1. The molecule has 0 aromatic heterocycles. The van der Waals surface area contributed by atoms with Crippen molar-refractivity contribution >= 4 is 14.0 Å². The molecule has 100 valence electrons. The average Bonchev–Trinajstić information content (AvgIpc) is 2.20. The SMILES string of the molecule is C[Si](C)(C)CCOC(=O)C1CCC(F)C(O)C1. The van der Waals surface area contributed by atoms with E-state index in [1.54, 1.807) is 0 Å². The predicted molar refractivity (Wildman–Crippen MR) is 67.4 cm³/mol. The molecule has 1 saturated carbocycles. The van der Waals surface area contributed by atoms with Crippen molar-refractivity contribution in [2.75, 3.05) is 6.61 Å². The number of carbonyl (C=O) groups excluding carboxylic acids is 1. The van der Waals surface area contributed by atoms with E-state index in [4.69, 9.17) is 4.74 Å². The molecular weight excluding hydrogens is 239 g/mol. The van der Waals surface area contributed by atoms with Crippen molar-refractivity contribution in [2.24, 2.45) is 5.92 Å². The Morgan fingerprint density at radius 3 is 2.59 bits per heavy atom. The summed E-state index contributed by atoms with van der Waals surface area (Å²) in [4.78, 5) is 11.7. The first-order valence-corrected chi connectivity index (χ1v) is 9.99. The summed E-state index contributed by atoms with van der Waals surface area (Å²) in [6, 6.07) is 0.944. The second-order valence-corrected chi connectivity index (χ2v) is 11.7. The van der Waals surface area contributed by atoms with Crippen LogP contribution in [0.2, 0.25) is 25.7 Å². The maximum absolute atomic E-state index is 13.0. The zero-order chi connectivity index (χ0) is 13.1. The molecule has 0 bridgehead atoms. The highest BCUT2D eigenvalue weighted by Gasteiger charge is 2.33. The third-order valence-corrected chi connectivity index (χ3v) is 4.87. The summed E-state index contributed by atoms with van der Waals surface area (Å²) in [7, 11) is -1.18. The van der Waals surface area contributed by atoms with Gasteiger partial charge in [-0.3, -0.25) is 4.79 Å². The van der Waals surface area contributed by atoms with Crippen LogP contribution >= 0.6 is 0 Å². The molecule has 0 aliphatic heterocycles. The fourth-order valence-electron chi connectivity index (χ4n) is 1.90. The average molecular weight is 262 g/mol. The highest BCUT2D eigenvalue weighted by atomic mass is 28.3. The van der Waals surface area contributed by atoms with Gasteiger partial charge in [0.1, 0.15) is 6.17 Å². The minimum absolute atomic E-state index is 0.201. The Morgan fingerprint density at radius 1 is 1.41 bits per heavy atom. The molecule has 1 rings (SSSR count). The van der Waals surface area contributed by atoms with E-state index in [1.807, 2.05) is 0 Å². The Morgan fingerprint density at radius 2 is 2.06 bits per heavy atom. The third-order valence-electron chi connectivity index (χ3n) is 3.16.